The fourth-order valence-electron chi connectivity index (χ4n) is 26.3. The van der Waals surface area contributed by atoms with E-state index in [0.717, 1.165) is 151 Å². The smallest absolute Gasteiger partial charge is 0.143 e. The summed E-state index contributed by atoms with van der Waals surface area (Å²) in [7, 11) is 0. The Morgan fingerprint density at radius 2 is 0.541 bits per heavy atom. The van der Waals surface area contributed by atoms with Crippen LogP contribution in [-0.4, -0.2) is 13.7 Å². The van der Waals surface area contributed by atoms with Crippen molar-refractivity contribution in [1.82, 2.24) is 13.7 Å². The van der Waals surface area contributed by atoms with Crippen LogP contribution in [0.1, 0.15) is 44.5 Å². The van der Waals surface area contributed by atoms with E-state index in [-0.39, 0.29) is 0 Å². The zero-order valence-corrected chi connectivity index (χ0v) is 79.4. The van der Waals surface area contributed by atoms with Gasteiger partial charge in [-0.2, -0.15) is 0 Å². The van der Waals surface area contributed by atoms with Crippen molar-refractivity contribution < 1.29 is 4.42 Å². The van der Waals surface area contributed by atoms with Gasteiger partial charge in [0.05, 0.1) is 66.7 Å². The van der Waals surface area contributed by atoms with E-state index < -0.39 is 10.8 Å². The molecule has 2 spiro atoms. The molecule has 4 aliphatic rings. The number of aromatic nitrogens is 3. The van der Waals surface area contributed by atoms with E-state index in [9.17, 15) is 0 Å². The van der Waals surface area contributed by atoms with E-state index in [4.69, 9.17) is 4.42 Å². The molecule has 0 amide bonds. The van der Waals surface area contributed by atoms with Crippen LogP contribution in [0.2, 0.25) is 0 Å². The van der Waals surface area contributed by atoms with Crippen LogP contribution in [-0.2, 0) is 10.8 Å². The van der Waals surface area contributed by atoms with Crippen molar-refractivity contribution in [2.75, 3.05) is 9.80 Å². The SMILES string of the molecule is c1ccc(-c2ccccc2-c2ccccc2N(c2ccc(-c3cccc4c3oc3cccc(-c5ccc6c(c5)C5(c7ccccc7-6)c6ccccc6-n6c7ccccc7c7cc(N(c8ccc(-c9ccc%10c(c9)c9ccccc9n%10-c9ccccc9)cc8)c8ccccc8-c8ccccc8-c8ccccc8)cc5c76)c34)cc2)c2cc3c4c(c2)c2ccccc2n4-c2ccccc2C32c3ccccc3-c3ccccc32)cc1. The lowest BCUT2D eigenvalue weighted by molar-refractivity contribution is 0.670. The Kier molecular flexibility index (Phi) is 17.7. The van der Waals surface area contributed by atoms with E-state index >= 15 is 0 Å². The largest absolute Gasteiger partial charge is 0.455 e. The molecular weight excluding hydrogens is 1770 g/mol. The summed E-state index contributed by atoms with van der Waals surface area (Å²) in [5.41, 5.74) is 47.6. The molecule has 678 valence electrons. The molecule has 0 saturated heterocycles. The Balaban J connectivity index is 0.582. The summed E-state index contributed by atoms with van der Waals surface area (Å²) in [5.74, 6) is 0. The molecule has 31 rings (SSSR count). The first-order chi connectivity index (χ1) is 72.5. The van der Waals surface area contributed by atoms with Gasteiger partial charge in [-0.05, 0) is 255 Å². The van der Waals surface area contributed by atoms with Gasteiger partial charge in [0.1, 0.15) is 11.2 Å². The Labute approximate surface area is 843 Å². The van der Waals surface area contributed by atoms with E-state index in [1.165, 1.54) is 132 Å². The molecule has 2 aliphatic heterocycles. The lowest BCUT2D eigenvalue weighted by Gasteiger charge is -2.40. The van der Waals surface area contributed by atoms with Crippen molar-refractivity contribution >= 4 is 121 Å². The summed E-state index contributed by atoms with van der Waals surface area (Å²) < 4.78 is 15.0. The average Bonchev–Trinajstić information content (AvgIpc) is 1.50. The first kappa shape index (κ1) is 81.7. The Morgan fingerprint density at radius 3 is 1.07 bits per heavy atom. The number of benzene rings is 23. The Hall–Kier alpha value is -19.1. The average molecular weight is 1860 g/mol. The first-order valence-corrected chi connectivity index (χ1v) is 50.6. The van der Waals surface area contributed by atoms with Gasteiger partial charge >= 0.3 is 0 Å². The second-order valence-corrected chi connectivity index (χ2v) is 39.4. The predicted molar refractivity (Wildman–Crippen MR) is 606 cm³/mol. The van der Waals surface area contributed by atoms with Gasteiger partial charge in [-0.25, -0.2) is 0 Å². The number of nitrogens with zero attached hydrogens (tertiary/aromatic N) is 5. The van der Waals surface area contributed by atoms with Gasteiger partial charge in [0.2, 0.25) is 0 Å². The molecule has 0 bridgehead atoms. The molecule has 1 atom stereocenters. The zero-order chi connectivity index (χ0) is 95.6. The lowest BCUT2D eigenvalue weighted by atomic mass is 9.65. The topological polar surface area (TPSA) is 34.4 Å². The van der Waals surface area contributed by atoms with Crippen LogP contribution in [0.4, 0.5) is 34.1 Å². The van der Waals surface area contributed by atoms with Crippen molar-refractivity contribution in [2.45, 2.75) is 10.8 Å². The van der Waals surface area contributed by atoms with Gasteiger partial charge in [-0.3, -0.25) is 0 Å². The van der Waals surface area contributed by atoms with Gasteiger partial charge in [0.15, 0.2) is 0 Å². The molecule has 6 heteroatoms. The predicted octanol–water partition coefficient (Wildman–Crippen LogP) is 36.8. The van der Waals surface area contributed by atoms with E-state index in [1.54, 1.807) is 0 Å². The van der Waals surface area contributed by atoms with Gasteiger partial charge in [-0.1, -0.05) is 400 Å². The fourth-order valence-corrected chi connectivity index (χ4v) is 26.3. The minimum atomic E-state index is -0.864. The molecule has 2 aliphatic carbocycles. The highest BCUT2D eigenvalue weighted by Gasteiger charge is 2.54. The number of fused-ring (bicyclic) bond motifs is 30. The maximum Gasteiger partial charge on any atom is 0.143 e. The maximum atomic E-state index is 7.49. The number of anilines is 6. The van der Waals surface area contributed by atoms with Crippen LogP contribution in [0.5, 0.6) is 0 Å². The molecular formula is C140H87N5O. The molecule has 0 N–H and O–H groups in total. The summed E-state index contributed by atoms with van der Waals surface area (Å²) in [6.07, 6.45) is 0. The van der Waals surface area contributed by atoms with Crippen LogP contribution in [0.15, 0.2) is 532 Å². The molecule has 0 radical (unpaired) electrons. The number of para-hydroxylation sites is 9. The number of furan rings is 1. The van der Waals surface area contributed by atoms with Crippen LogP contribution in [0, 0.1) is 0 Å². The molecule has 0 saturated carbocycles. The summed E-state index contributed by atoms with van der Waals surface area (Å²) in [4.78, 5) is 5.10. The molecule has 0 fully saturated rings. The third kappa shape index (κ3) is 11.6. The van der Waals surface area contributed by atoms with Crippen LogP contribution < -0.4 is 9.80 Å². The van der Waals surface area contributed by atoms with Gasteiger partial charge in [0, 0.05) is 88.2 Å². The minimum Gasteiger partial charge on any atom is -0.455 e. The normalized spacial score (nSPS) is 13.7. The van der Waals surface area contributed by atoms with E-state index in [0.29, 0.717) is 0 Å². The third-order valence-corrected chi connectivity index (χ3v) is 32.2. The summed E-state index contributed by atoms with van der Waals surface area (Å²) in [6, 6.07) is 198. The van der Waals surface area contributed by atoms with Crippen molar-refractivity contribution in [2.24, 2.45) is 0 Å². The summed E-state index contributed by atoms with van der Waals surface area (Å²) >= 11 is 0. The van der Waals surface area contributed by atoms with Crippen molar-refractivity contribution in [3.8, 4) is 117 Å². The van der Waals surface area contributed by atoms with Gasteiger partial charge in [-0.15, -0.1) is 0 Å². The molecule has 146 heavy (non-hydrogen) atoms. The van der Waals surface area contributed by atoms with Crippen molar-refractivity contribution in [1.29, 1.82) is 0 Å². The fraction of sp³-hybridized carbons (Fsp3) is 0.0143. The maximum absolute atomic E-state index is 7.49. The van der Waals surface area contributed by atoms with E-state index in [2.05, 4.69) is 551 Å². The quantitative estimate of drug-likeness (QED) is 0.109. The highest BCUT2D eigenvalue weighted by molar-refractivity contribution is 6.20. The van der Waals surface area contributed by atoms with Crippen LogP contribution in [0.3, 0.4) is 0 Å². The first-order valence-electron chi connectivity index (χ1n) is 50.6. The zero-order valence-electron chi connectivity index (χ0n) is 79.4. The van der Waals surface area contributed by atoms with Crippen molar-refractivity contribution in [3.05, 3.63) is 572 Å². The third-order valence-electron chi connectivity index (χ3n) is 32.2. The van der Waals surface area contributed by atoms with E-state index in [1.807, 2.05) is 0 Å². The summed E-state index contributed by atoms with van der Waals surface area (Å²) in [6.45, 7) is 0. The van der Waals surface area contributed by atoms with Gasteiger partial charge in [0.25, 0.3) is 0 Å². The standard InChI is InChI=1S/C140H87N5O/c1-4-36-89(37-5-1)99-42-10-12-44-103(99)109-49-17-27-62-126(109)141(95-76-70-88(71-77-95)92-75-81-131-115(82-92)111-51-19-29-64-128(111)143(131)94-40-8-3-9-41-94)98-85-117-113-53-21-31-66-130(113)145-133-68-33-26-61-122(133)140(125(87-98)137(117)145)120-59-24-16-48-107(120)108-80-74-93(83-123(108)140)101-54-35-69-134-135(101)114-56-34-55-102(138(114)146-134)91-72-78-96(79-73-91)142(127-63-28-18-50-110(127)104-45-13-11-43-100(104)90-38-6-2-7-39-90)97-84-116-112-52-20-30-65-129(112)144-132-67-32-25-60-121(132)139(124(86-97)136(116)144)118-57-22-14-46-105(118)106-47-15-23-58-119(106)139/h1-87H. The monoisotopic (exact) mass is 1850 g/mol. The molecule has 6 heterocycles. The Morgan fingerprint density at radius 1 is 0.178 bits per heavy atom. The molecule has 27 aromatic rings. The minimum absolute atomic E-state index is 0.678. The number of rotatable bonds is 14. The molecule has 1 unspecified atom stereocenters. The highest BCUT2D eigenvalue weighted by Crippen LogP contribution is 2.66. The Bertz CT molecular complexity index is 10100. The van der Waals surface area contributed by atoms with Crippen LogP contribution >= 0.6 is 0 Å². The van der Waals surface area contributed by atoms with Gasteiger partial charge < -0.3 is 27.9 Å². The summed E-state index contributed by atoms with van der Waals surface area (Å²) in [5, 5.41) is 9.30. The second-order valence-electron chi connectivity index (χ2n) is 39.4. The van der Waals surface area contributed by atoms with Crippen molar-refractivity contribution in [3.63, 3.8) is 0 Å². The number of hydrogen-bond donors (Lipinski definition) is 0. The number of hydrogen-bond acceptors (Lipinski definition) is 3. The second kappa shape index (κ2) is 31.7. The highest BCUT2D eigenvalue weighted by atomic mass is 16.3. The molecule has 4 aromatic heterocycles. The molecule has 6 nitrogen and oxygen atoms in total. The van der Waals surface area contributed by atoms with Crippen LogP contribution in [0.25, 0.3) is 205 Å². The molecule has 23 aromatic carbocycles. The lowest BCUT2D eigenvalue weighted by Crippen LogP contribution is -2.33.